The van der Waals surface area contributed by atoms with Crippen molar-refractivity contribution in [2.24, 2.45) is 0 Å². The maximum Gasteiger partial charge on any atom is 0.217 e. The van der Waals surface area contributed by atoms with Gasteiger partial charge in [-0.2, -0.15) is 0 Å². The second kappa shape index (κ2) is 7.58. The van der Waals surface area contributed by atoms with Crippen molar-refractivity contribution in [3.63, 3.8) is 0 Å². The second-order valence-corrected chi connectivity index (χ2v) is 12.4. The highest BCUT2D eigenvalue weighted by Crippen LogP contribution is 2.37. The molecule has 0 bridgehead atoms. The summed E-state index contributed by atoms with van der Waals surface area (Å²) in [5.74, 6) is -0.331. The van der Waals surface area contributed by atoms with E-state index in [2.05, 4.69) is 39.2 Å². The third kappa shape index (κ3) is 4.98. The Labute approximate surface area is 139 Å². The Morgan fingerprint density at radius 2 is 1.83 bits per heavy atom. The van der Waals surface area contributed by atoms with Gasteiger partial charge >= 0.3 is 0 Å². The first-order valence-electron chi connectivity index (χ1n) is 7.86. The first-order valence-corrected chi connectivity index (χ1v) is 10.8. The summed E-state index contributed by atoms with van der Waals surface area (Å²) >= 11 is 0. The molecule has 1 fully saturated rings. The largest absolute Gasteiger partial charge is 0.414 e. The van der Waals surface area contributed by atoms with E-state index in [9.17, 15) is 15.0 Å². The van der Waals surface area contributed by atoms with Crippen molar-refractivity contribution < 1.29 is 28.9 Å². The Morgan fingerprint density at radius 1 is 1.26 bits per heavy atom. The molecular formula is C15H31NO6Si. The van der Waals surface area contributed by atoms with Crippen LogP contribution in [-0.4, -0.2) is 68.8 Å². The lowest BCUT2D eigenvalue weighted by atomic mass is 9.97. The van der Waals surface area contributed by atoms with Crippen LogP contribution in [0.15, 0.2) is 0 Å². The topological polar surface area (TPSA) is 97.2 Å². The van der Waals surface area contributed by atoms with Gasteiger partial charge in [0.1, 0.15) is 24.4 Å². The number of aliphatic hydroxyl groups excluding tert-OH is 2. The zero-order chi connectivity index (χ0) is 18.0. The van der Waals surface area contributed by atoms with Gasteiger partial charge in [0.15, 0.2) is 14.6 Å². The van der Waals surface area contributed by atoms with Crippen molar-refractivity contribution in [2.75, 3.05) is 13.7 Å². The summed E-state index contributed by atoms with van der Waals surface area (Å²) < 4.78 is 17.0. The molecule has 7 nitrogen and oxygen atoms in total. The van der Waals surface area contributed by atoms with Gasteiger partial charge in [-0.15, -0.1) is 0 Å². The van der Waals surface area contributed by atoms with Crippen molar-refractivity contribution in [2.45, 2.75) is 76.5 Å². The molecule has 1 saturated heterocycles. The van der Waals surface area contributed by atoms with Crippen LogP contribution in [0.25, 0.3) is 0 Å². The number of methoxy groups -OCH3 is 1. The van der Waals surface area contributed by atoms with E-state index < -0.39 is 39.0 Å². The molecular weight excluding hydrogens is 318 g/mol. The smallest absolute Gasteiger partial charge is 0.217 e. The molecule has 1 rings (SSSR count). The van der Waals surface area contributed by atoms with Crippen molar-refractivity contribution in [1.29, 1.82) is 0 Å². The van der Waals surface area contributed by atoms with Crippen LogP contribution in [0.4, 0.5) is 0 Å². The fourth-order valence-corrected chi connectivity index (χ4v) is 3.18. The molecule has 0 saturated carbocycles. The predicted molar refractivity (Wildman–Crippen MR) is 88.4 cm³/mol. The van der Waals surface area contributed by atoms with Crippen LogP contribution in [0, 0.1) is 0 Å². The van der Waals surface area contributed by atoms with E-state index in [0.717, 1.165) is 0 Å². The average Bonchev–Trinajstić information content (AvgIpc) is 2.41. The summed E-state index contributed by atoms with van der Waals surface area (Å²) in [7, 11) is -0.573. The molecule has 1 amide bonds. The SMILES string of the molecule is CO[C@@H]1O[C@H](CO[Si](C)(C)C(C)(C)C)[C@@H](O)[C@H](O)[C@H]1NC(C)=O. The molecule has 1 heterocycles. The van der Waals surface area contributed by atoms with Gasteiger partial charge in [-0.3, -0.25) is 4.79 Å². The lowest BCUT2D eigenvalue weighted by Crippen LogP contribution is -2.64. The molecule has 136 valence electrons. The summed E-state index contributed by atoms with van der Waals surface area (Å²) in [6.07, 6.45) is -3.91. The molecule has 0 spiro atoms. The van der Waals surface area contributed by atoms with Crippen LogP contribution in [0.2, 0.25) is 18.1 Å². The van der Waals surface area contributed by atoms with Gasteiger partial charge in [-0.1, -0.05) is 20.8 Å². The highest BCUT2D eigenvalue weighted by Gasteiger charge is 2.46. The maximum atomic E-state index is 11.2. The quantitative estimate of drug-likeness (QED) is 0.629. The molecule has 0 aliphatic carbocycles. The molecule has 5 atom stereocenters. The summed E-state index contributed by atoms with van der Waals surface area (Å²) in [6, 6.07) is -0.823. The predicted octanol–water partition coefficient (Wildman–Crippen LogP) is 0.606. The van der Waals surface area contributed by atoms with Gasteiger partial charge in [0.2, 0.25) is 5.91 Å². The Balaban J connectivity index is 2.77. The number of aliphatic hydroxyl groups is 2. The minimum absolute atomic E-state index is 0.0324. The fraction of sp³-hybridized carbons (Fsp3) is 0.933. The van der Waals surface area contributed by atoms with E-state index in [-0.39, 0.29) is 17.6 Å². The zero-order valence-electron chi connectivity index (χ0n) is 15.1. The highest BCUT2D eigenvalue weighted by molar-refractivity contribution is 6.74. The Morgan fingerprint density at radius 3 is 2.26 bits per heavy atom. The normalized spacial score (nSPS) is 32.7. The minimum atomic E-state index is -2.00. The van der Waals surface area contributed by atoms with Gasteiger partial charge in [0.25, 0.3) is 0 Å². The molecule has 0 unspecified atom stereocenters. The van der Waals surface area contributed by atoms with Gasteiger partial charge in [-0.25, -0.2) is 0 Å². The van der Waals surface area contributed by atoms with E-state index in [1.54, 1.807) is 0 Å². The van der Waals surface area contributed by atoms with Gasteiger partial charge in [-0.05, 0) is 18.1 Å². The fourth-order valence-electron chi connectivity index (χ4n) is 2.17. The molecule has 1 aliphatic rings. The monoisotopic (exact) mass is 349 g/mol. The molecule has 0 aromatic rings. The van der Waals surface area contributed by atoms with E-state index >= 15 is 0 Å². The van der Waals surface area contributed by atoms with Crippen LogP contribution in [-0.2, 0) is 18.7 Å². The highest BCUT2D eigenvalue weighted by atomic mass is 28.4. The van der Waals surface area contributed by atoms with E-state index in [1.807, 2.05) is 0 Å². The summed E-state index contributed by atoms with van der Waals surface area (Å²) in [6.45, 7) is 12.1. The molecule has 1 aliphatic heterocycles. The van der Waals surface area contributed by atoms with Crippen LogP contribution in [0.1, 0.15) is 27.7 Å². The lowest BCUT2D eigenvalue weighted by molar-refractivity contribution is -0.261. The molecule has 3 N–H and O–H groups in total. The Kier molecular flexibility index (Phi) is 6.77. The number of amides is 1. The van der Waals surface area contributed by atoms with E-state index in [0.29, 0.717) is 0 Å². The molecule has 23 heavy (non-hydrogen) atoms. The number of ether oxygens (including phenoxy) is 2. The van der Waals surface area contributed by atoms with Crippen LogP contribution < -0.4 is 5.32 Å². The molecule has 0 radical (unpaired) electrons. The molecule has 8 heteroatoms. The minimum Gasteiger partial charge on any atom is -0.414 e. The summed E-state index contributed by atoms with van der Waals surface area (Å²) in [5, 5.41) is 23.1. The van der Waals surface area contributed by atoms with Gasteiger partial charge < -0.3 is 29.4 Å². The van der Waals surface area contributed by atoms with Crippen molar-refractivity contribution in [1.82, 2.24) is 5.32 Å². The van der Waals surface area contributed by atoms with Crippen molar-refractivity contribution in [3.8, 4) is 0 Å². The number of hydrogen-bond donors (Lipinski definition) is 3. The Hall–Kier alpha value is -0.513. The average molecular weight is 350 g/mol. The van der Waals surface area contributed by atoms with E-state index in [4.69, 9.17) is 13.9 Å². The third-order valence-corrected chi connectivity index (χ3v) is 9.22. The lowest BCUT2D eigenvalue weighted by Gasteiger charge is -2.44. The van der Waals surface area contributed by atoms with E-state index in [1.165, 1.54) is 14.0 Å². The van der Waals surface area contributed by atoms with Crippen molar-refractivity contribution >= 4 is 14.2 Å². The summed E-state index contributed by atoms with van der Waals surface area (Å²) in [4.78, 5) is 11.2. The number of nitrogens with one attached hydrogen (secondary N) is 1. The van der Waals surface area contributed by atoms with Gasteiger partial charge in [0, 0.05) is 14.0 Å². The molecule has 0 aromatic carbocycles. The maximum absolute atomic E-state index is 11.2. The van der Waals surface area contributed by atoms with Gasteiger partial charge in [0.05, 0.1) is 6.61 Å². The Bertz CT molecular complexity index is 409. The van der Waals surface area contributed by atoms with Crippen LogP contribution >= 0.6 is 0 Å². The number of carbonyl (C=O) groups is 1. The first kappa shape index (κ1) is 20.5. The third-order valence-electron chi connectivity index (χ3n) is 4.72. The number of carbonyl (C=O) groups excluding carboxylic acids is 1. The van der Waals surface area contributed by atoms with Crippen LogP contribution in [0.5, 0.6) is 0 Å². The number of hydrogen-bond acceptors (Lipinski definition) is 6. The van der Waals surface area contributed by atoms with Crippen LogP contribution in [0.3, 0.4) is 0 Å². The number of rotatable bonds is 5. The standard InChI is InChI=1S/C15H31NO6Si/c1-9(17)16-11-13(19)12(18)10(22-14(11)20-5)8-21-23(6,7)15(2,3)4/h10-14,18-19H,8H2,1-7H3,(H,16,17)/t10-,11-,12-,13-,14-/m1/s1. The second-order valence-electron chi connectivity index (χ2n) is 7.56. The van der Waals surface area contributed by atoms with Crippen molar-refractivity contribution in [3.05, 3.63) is 0 Å². The first-order chi connectivity index (χ1) is 10.4. The molecule has 0 aromatic heterocycles. The summed E-state index contributed by atoms with van der Waals surface area (Å²) in [5.41, 5.74) is 0. The zero-order valence-corrected chi connectivity index (χ0v) is 16.1.